The van der Waals surface area contributed by atoms with Crippen LogP contribution in [0.3, 0.4) is 0 Å². The molecular weight excluding hydrogens is 995 g/mol. The molecule has 0 spiro atoms. The molecule has 0 aliphatic heterocycles. The van der Waals surface area contributed by atoms with Gasteiger partial charge in [-0.1, -0.05) is 107 Å². The van der Waals surface area contributed by atoms with Crippen molar-refractivity contribution in [1.82, 2.24) is 34.3 Å². The number of hydrogen-bond acceptors (Lipinski definition) is 18. The second-order valence-corrected chi connectivity index (χ2v) is 22.6. The van der Waals surface area contributed by atoms with Crippen molar-refractivity contribution >= 4 is 0 Å². The first kappa shape index (κ1) is 83.7. The molecule has 0 amide bonds. The Labute approximate surface area is 480 Å². The summed E-state index contributed by atoms with van der Waals surface area (Å²) >= 11 is 0. The Morgan fingerprint density at radius 3 is 0.692 bits per heavy atom. The van der Waals surface area contributed by atoms with E-state index in [2.05, 4.69) is 99.1 Å². The first-order chi connectivity index (χ1) is 37.2. The number of rotatable bonds is 51. The van der Waals surface area contributed by atoms with Crippen LogP contribution in [0.25, 0.3) is 0 Å². The zero-order valence-electron chi connectivity index (χ0n) is 53.0. The molecule has 78 heavy (non-hydrogen) atoms. The van der Waals surface area contributed by atoms with Crippen molar-refractivity contribution < 1.29 is 56.2 Å². The Kier molecular flexibility index (Phi) is 65.3. The van der Waals surface area contributed by atoms with Gasteiger partial charge in [0.1, 0.15) is 0 Å². The second kappa shape index (κ2) is 60.9. The zero-order valence-corrected chi connectivity index (χ0v) is 53.0. The third-order valence-electron chi connectivity index (χ3n) is 13.4. The second-order valence-electron chi connectivity index (χ2n) is 22.6. The van der Waals surface area contributed by atoms with Gasteiger partial charge in [0.15, 0.2) is 0 Å². The summed E-state index contributed by atoms with van der Waals surface area (Å²) < 4.78 is 0. The lowest BCUT2D eigenvalue weighted by Crippen LogP contribution is -2.40. The SMILES string of the molecule is CCCC(O)CN(C)CCCN(C)CC(O)CCC.CCCC(O)CN(CCCN(C)C)CC(O)CCC.CCCC(O)CN(CCCN(CCO)CCO)CC(O)CCC.CCCC(O)CN(CCCO)CC(O)CCC. The van der Waals surface area contributed by atoms with E-state index in [1.165, 1.54) is 0 Å². The van der Waals surface area contributed by atoms with Crippen LogP contribution in [0.2, 0.25) is 0 Å². The summed E-state index contributed by atoms with van der Waals surface area (Å²) in [5, 5.41) is 106. The Morgan fingerprint density at radius 2 is 0.462 bits per heavy atom. The maximum Gasteiger partial charge on any atom is 0.0667 e. The zero-order chi connectivity index (χ0) is 59.9. The van der Waals surface area contributed by atoms with Gasteiger partial charge < -0.3 is 70.9 Å². The van der Waals surface area contributed by atoms with Gasteiger partial charge in [-0.25, -0.2) is 0 Å². The minimum atomic E-state index is -0.347. The van der Waals surface area contributed by atoms with Crippen LogP contribution < -0.4 is 0 Å². The smallest absolute Gasteiger partial charge is 0.0667 e. The molecular formula is C60H135N7O11. The van der Waals surface area contributed by atoms with Crippen LogP contribution in [0.15, 0.2) is 0 Å². The molecule has 0 aliphatic rings. The lowest BCUT2D eigenvalue weighted by molar-refractivity contribution is 0.0584. The summed E-state index contributed by atoms with van der Waals surface area (Å²) in [6.07, 6.45) is 16.0. The molecule has 0 radical (unpaired) electrons. The fraction of sp³-hybridized carbons (Fsp3) is 1.00. The fourth-order valence-corrected chi connectivity index (χ4v) is 9.51. The summed E-state index contributed by atoms with van der Waals surface area (Å²) in [7, 11) is 8.26. The molecule has 18 nitrogen and oxygen atoms in total. The van der Waals surface area contributed by atoms with Crippen molar-refractivity contribution in [2.45, 2.75) is 233 Å². The van der Waals surface area contributed by atoms with Crippen LogP contribution in [0, 0.1) is 0 Å². The molecule has 476 valence electrons. The molecule has 0 bridgehead atoms. The average Bonchev–Trinajstić information content (AvgIpc) is 3.34. The van der Waals surface area contributed by atoms with Gasteiger partial charge in [0.25, 0.3) is 0 Å². The van der Waals surface area contributed by atoms with Gasteiger partial charge in [-0.2, -0.15) is 0 Å². The van der Waals surface area contributed by atoms with Crippen LogP contribution in [0.1, 0.15) is 184 Å². The largest absolute Gasteiger partial charge is 0.396 e. The number of hydrogen-bond donors (Lipinski definition) is 11. The van der Waals surface area contributed by atoms with Crippen molar-refractivity contribution in [2.24, 2.45) is 0 Å². The highest BCUT2D eigenvalue weighted by atomic mass is 16.3. The predicted octanol–water partition coefficient (Wildman–Crippen LogP) is 4.40. The van der Waals surface area contributed by atoms with Crippen LogP contribution in [0.4, 0.5) is 0 Å². The molecule has 8 atom stereocenters. The summed E-state index contributed by atoms with van der Waals surface area (Å²) in [6.45, 7) is 29.6. The molecule has 18 heteroatoms. The van der Waals surface area contributed by atoms with Crippen LogP contribution in [-0.2, 0) is 0 Å². The van der Waals surface area contributed by atoms with Crippen molar-refractivity contribution in [1.29, 1.82) is 0 Å². The number of aliphatic hydroxyl groups is 11. The molecule has 0 aliphatic carbocycles. The average molecular weight is 1130 g/mol. The normalized spacial score (nSPS) is 15.0. The maximum absolute atomic E-state index is 10.0. The molecule has 0 fully saturated rings. The van der Waals surface area contributed by atoms with E-state index in [9.17, 15) is 40.9 Å². The van der Waals surface area contributed by atoms with Crippen molar-refractivity contribution in [3.05, 3.63) is 0 Å². The third kappa shape index (κ3) is 59.9. The van der Waals surface area contributed by atoms with E-state index in [1.807, 2.05) is 18.7 Å². The fourth-order valence-electron chi connectivity index (χ4n) is 9.51. The number of likely N-dealkylation sites (N-methyl/N-ethyl adjacent to an activating group) is 2. The Hall–Kier alpha value is -0.720. The van der Waals surface area contributed by atoms with E-state index in [0.29, 0.717) is 58.8 Å². The van der Waals surface area contributed by atoms with Gasteiger partial charge in [0.2, 0.25) is 0 Å². The summed E-state index contributed by atoms with van der Waals surface area (Å²) in [4.78, 5) is 15.0. The first-order valence-corrected chi connectivity index (χ1v) is 31.4. The van der Waals surface area contributed by atoms with Gasteiger partial charge in [0, 0.05) is 78.6 Å². The summed E-state index contributed by atoms with van der Waals surface area (Å²) in [6, 6.07) is 0. The Balaban J connectivity index is -0.000000471. The molecule has 8 unspecified atom stereocenters. The minimum Gasteiger partial charge on any atom is -0.396 e. The van der Waals surface area contributed by atoms with Gasteiger partial charge in [-0.15, -0.1) is 0 Å². The van der Waals surface area contributed by atoms with Gasteiger partial charge >= 0.3 is 0 Å². The van der Waals surface area contributed by atoms with E-state index in [4.69, 9.17) is 15.3 Å². The minimum absolute atomic E-state index is 0.0914. The van der Waals surface area contributed by atoms with Gasteiger partial charge in [-0.3, -0.25) is 19.6 Å². The molecule has 0 rings (SSSR count). The van der Waals surface area contributed by atoms with Crippen LogP contribution >= 0.6 is 0 Å². The summed E-state index contributed by atoms with van der Waals surface area (Å²) in [5.74, 6) is 0. The van der Waals surface area contributed by atoms with E-state index >= 15 is 0 Å². The standard InChI is InChI=1S/C17H38N2O4.2C15H34N2O2.C13H29NO3/c1-3-6-16(22)14-19(15-17(23)7-4-2)9-5-8-18(10-12-20)11-13-21;1-5-8-14(18)12-16(3)10-7-11-17(4)13-15(19)9-6-2;1-5-8-14(18)12-17(11-7-10-16(3)4)13-15(19)9-6-2;1-3-6-12(16)10-14(8-5-9-15)11-13(17)7-4-2/h16-17,20-23H,3-15H2,1-2H3;2*14-15,18-19H,5-13H2,1-4H3;12-13,15-17H,3-11H2,1-2H3. The molecule has 0 saturated heterocycles. The van der Waals surface area contributed by atoms with Crippen molar-refractivity contribution in [2.75, 3.05) is 159 Å². The third-order valence-corrected chi connectivity index (χ3v) is 13.4. The van der Waals surface area contributed by atoms with Crippen LogP contribution in [0.5, 0.6) is 0 Å². The van der Waals surface area contributed by atoms with E-state index in [0.717, 1.165) is 181 Å². The van der Waals surface area contributed by atoms with Gasteiger partial charge in [0.05, 0.1) is 62.0 Å². The molecule has 0 heterocycles. The van der Waals surface area contributed by atoms with Crippen molar-refractivity contribution in [3.8, 4) is 0 Å². The quantitative estimate of drug-likeness (QED) is 0.0404. The van der Waals surface area contributed by atoms with Crippen LogP contribution in [-0.4, -0.2) is 299 Å². The molecule has 11 N–H and O–H groups in total. The molecule has 0 aromatic rings. The Bertz CT molecular complexity index is 1100. The van der Waals surface area contributed by atoms with E-state index < -0.39 is 0 Å². The monoisotopic (exact) mass is 1130 g/mol. The highest BCUT2D eigenvalue weighted by Gasteiger charge is 2.18. The topological polar surface area (TPSA) is 245 Å². The first-order valence-electron chi connectivity index (χ1n) is 31.4. The molecule has 0 aromatic heterocycles. The lowest BCUT2D eigenvalue weighted by atomic mass is 10.1. The maximum atomic E-state index is 10.0. The predicted molar refractivity (Wildman–Crippen MR) is 326 cm³/mol. The number of aliphatic hydroxyl groups excluding tert-OH is 11. The van der Waals surface area contributed by atoms with Crippen molar-refractivity contribution in [3.63, 3.8) is 0 Å². The summed E-state index contributed by atoms with van der Waals surface area (Å²) in [5.41, 5.74) is 0. The highest BCUT2D eigenvalue weighted by molar-refractivity contribution is 4.73. The lowest BCUT2D eigenvalue weighted by Gasteiger charge is -2.28. The van der Waals surface area contributed by atoms with Gasteiger partial charge in [-0.05, 0) is 145 Å². The molecule has 0 saturated carbocycles. The van der Waals surface area contributed by atoms with E-state index in [-0.39, 0.29) is 68.7 Å². The van der Waals surface area contributed by atoms with E-state index in [1.54, 1.807) is 0 Å². The molecule has 0 aromatic carbocycles. The number of nitrogens with zero attached hydrogens (tertiary/aromatic N) is 7. The highest BCUT2D eigenvalue weighted by Crippen LogP contribution is 2.09. The Morgan fingerprint density at radius 1 is 0.244 bits per heavy atom.